The Balaban J connectivity index is 0.852. The van der Waals surface area contributed by atoms with Crippen molar-refractivity contribution in [2.24, 2.45) is 0 Å². The highest BCUT2D eigenvalue weighted by atomic mass is 15.2. The van der Waals surface area contributed by atoms with Gasteiger partial charge in [-0.2, -0.15) is 0 Å². The van der Waals surface area contributed by atoms with Crippen molar-refractivity contribution < 1.29 is 21.9 Å². The molecule has 0 saturated heterocycles. The summed E-state index contributed by atoms with van der Waals surface area (Å²) >= 11 is 0. The summed E-state index contributed by atoms with van der Waals surface area (Å²) in [6.45, 7) is 33.8. The van der Waals surface area contributed by atoms with Crippen molar-refractivity contribution >= 4 is 101 Å². The quantitative estimate of drug-likeness (QED) is 0.127. The molecule has 5 heteroatoms. The largest absolute Gasteiger partial charge is 0.311 e. The molecule has 0 spiro atoms. The average Bonchev–Trinajstić information content (AvgIpc) is 1.63. The lowest BCUT2D eigenvalue weighted by Gasteiger charge is -2.46. The fourth-order valence-corrected chi connectivity index (χ4v) is 17.2. The normalized spacial score (nSPS) is 15.1. The van der Waals surface area contributed by atoms with Gasteiger partial charge in [0, 0.05) is 66.8 Å². The van der Waals surface area contributed by atoms with Crippen molar-refractivity contribution in [2.75, 3.05) is 9.80 Å². The number of rotatable bonds is 10. The standard InChI is InChI=1S/C110H99BN4/c1-106(2,3)80-58-78(59-81(66-80)107(4,5)6)74-52-54-101-93(64-74)111-94-65-75(79-60-82(108(7,8)9)67-83(61-79)109(10,11)12)53-55-102(94)115(96-47-23-17-41-88(96)77-37-29-33-71(57-77)73-35-31-39-86(63-73)113-99-50-26-20-44-91(99)92-45-21-27-51-100(92)113)104-69-84(110(13,14)15)68-103(105(104)111)114(101)95-46-22-16-40-87(95)76-36-28-32-70(56-76)72-34-30-38-85(62-72)112-97-48-24-18-42-89(97)90-43-19-25-49-98(90)112/h16-69H,1-15H3/i18D,19D,20D,21D,24D,25D,26D,27D,42D,43D,44D,45D,48D,49D,50D,51D. The molecule has 15 aromatic carbocycles. The maximum absolute atomic E-state index is 9.38. The van der Waals surface area contributed by atoms with Gasteiger partial charge in [0.05, 0.1) is 55.4 Å². The van der Waals surface area contributed by atoms with Gasteiger partial charge >= 0.3 is 0 Å². The number of anilines is 6. The highest BCUT2D eigenvalue weighted by Crippen LogP contribution is 2.52. The Kier molecular flexibility index (Phi) is 13.4. The van der Waals surface area contributed by atoms with Gasteiger partial charge in [-0.3, -0.25) is 0 Å². The number of benzene rings is 15. The van der Waals surface area contributed by atoms with E-state index in [2.05, 4.69) is 271 Å². The molecule has 2 aromatic heterocycles. The zero-order valence-electron chi connectivity index (χ0n) is 83.8. The molecule has 562 valence electrons. The van der Waals surface area contributed by atoms with Crippen molar-refractivity contribution in [3.05, 3.63) is 355 Å². The van der Waals surface area contributed by atoms with Crippen molar-refractivity contribution in [1.29, 1.82) is 0 Å². The lowest BCUT2D eigenvalue weighted by atomic mass is 9.33. The van der Waals surface area contributed by atoms with Gasteiger partial charge in [0.2, 0.25) is 0 Å². The lowest BCUT2D eigenvalue weighted by molar-refractivity contribution is 0.568. The van der Waals surface area contributed by atoms with Crippen LogP contribution in [0.25, 0.3) is 122 Å². The topological polar surface area (TPSA) is 16.3 Å². The monoisotopic (exact) mass is 1500 g/mol. The van der Waals surface area contributed by atoms with Gasteiger partial charge in [-0.15, -0.1) is 0 Å². The minimum Gasteiger partial charge on any atom is -0.311 e. The van der Waals surface area contributed by atoms with Crippen LogP contribution in [0.15, 0.2) is 327 Å². The third-order valence-electron chi connectivity index (χ3n) is 23.5. The van der Waals surface area contributed by atoms with Crippen molar-refractivity contribution in [2.45, 2.75) is 131 Å². The fraction of sp³-hybridized carbons (Fsp3) is 0.182. The second kappa shape index (κ2) is 27.1. The Morgan fingerprint density at radius 1 is 0.235 bits per heavy atom. The summed E-state index contributed by atoms with van der Waals surface area (Å²) in [7, 11) is 0. The minimum atomic E-state index is -0.507. The van der Waals surface area contributed by atoms with E-state index in [0.29, 0.717) is 11.4 Å². The molecule has 0 radical (unpaired) electrons. The van der Waals surface area contributed by atoms with Crippen molar-refractivity contribution in [3.8, 4) is 78.1 Å². The molecular weight excluding hydrogens is 1390 g/mol. The average molecular weight is 1500 g/mol. The molecule has 0 aliphatic carbocycles. The van der Waals surface area contributed by atoms with Crippen LogP contribution in [0.4, 0.5) is 34.1 Å². The summed E-state index contributed by atoms with van der Waals surface area (Å²) in [5, 5.41) is 0.0229. The number of hydrogen-bond acceptors (Lipinski definition) is 2. The van der Waals surface area contributed by atoms with Gasteiger partial charge < -0.3 is 18.9 Å². The van der Waals surface area contributed by atoms with Crippen LogP contribution in [0.5, 0.6) is 0 Å². The SMILES string of the molecule is [2H]c1c([2H])c([2H])c2c(c1[2H])c1c([2H])c([2H])c([2H])c([2H])c1n2-c1cccc(-c2cccc(-c3ccccc3N3c4ccc(-c5cc(C(C)(C)C)cc(C(C)(C)C)c5)cc4B4c5cc(-c6cc(C(C)(C)C)cc(C(C)(C)C)c6)ccc5N(c5ccccc5-c5cccc(-c6cccc(-n7c8c([2H])c([2H])c([2H])c([2H])c8c8c([2H])c([2H])c([2H])c([2H])c87)c6)c5)c5cc(C(C)(C)C)cc3c54)c2)c1. The summed E-state index contributed by atoms with van der Waals surface area (Å²) in [6, 6.07) is 75.3. The summed E-state index contributed by atoms with van der Waals surface area (Å²) in [5.41, 5.74) is 26.0. The van der Waals surface area contributed by atoms with E-state index in [-0.39, 0.29) is 89.4 Å². The molecule has 0 N–H and O–H groups in total. The van der Waals surface area contributed by atoms with E-state index < -0.39 is 84.6 Å². The maximum Gasteiger partial charge on any atom is 0.252 e. The van der Waals surface area contributed by atoms with E-state index in [9.17, 15) is 11.0 Å². The van der Waals surface area contributed by atoms with E-state index in [4.69, 9.17) is 11.0 Å². The third-order valence-corrected chi connectivity index (χ3v) is 23.5. The van der Waals surface area contributed by atoms with Crippen LogP contribution in [0.3, 0.4) is 0 Å². The smallest absolute Gasteiger partial charge is 0.252 e. The van der Waals surface area contributed by atoms with Crippen LogP contribution >= 0.6 is 0 Å². The summed E-state index contributed by atoms with van der Waals surface area (Å²) in [5.74, 6) is 0. The molecule has 115 heavy (non-hydrogen) atoms. The van der Waals surface area contributed by atoms with E-state index in [0.717, 1.165) is 123 Å². The molecule has 0 fully saturated rings. The van der Waals surface area contributed by atoms with Crippen LogP contribution in [-0.4, -0.2) is 15.8 Å². The minimum absolute atomic E-state index is 0.00573. The molecule has 0 amide bonds. The van der Waals surface area contributed by atoms with Crippen LogP contribution in [0.1, 0.15) is 154 Å². The van der Waals surface area contributed by atoms with E-state index >= 15 is 0 Å². The molecule has 17 aromatic rings. The van der Waals surface area contributed by atoms with E-state index in [1.165, 1.54) is 22.3 Å². The summed E-state index contributed by atoms with van der Waals surface area (Å²) in [6.07, 6.45) is 0. The first-order valence-electron chi connectivity index (χ1n) is 47.8. The van der Waals surface area contributed by atoms with Gasteiger partial charge in [0.1, 0.15) is 0 Å². The van der Waals surface area contributed by atoms with E-state index in [1.54, 1.807) is 21.3 Å². The first kappa shape index (κ1) is 56.7. The van der Waals surface area contributed by atoms with Gasteiger partial charge in [-0.05, 0) is 224 Å². The molecule has 4 nitrogen and oxygen atoms in total. The fourth-order valence-electron chi connectivity index (χ4n) is 17.2. The maximum atomic E-state index is 9.38. The molecule has 2 aliphatic heterocycles. The second-order valence-corrected chi connectivity index (χ2v) is 36.3. The Labute approximate surface area is 702 Å². The Morgan fingerprint density at radius 3 is 0.878 bits per heavy atom. The predicted octanol–water partition coefficient (Wildman–Crippen LogP) is 28.5. The van der Waals surface area contributed by atoms with E-state index in [1.807, 2.05) is 60.7 Å². The molecule has 2 aliphatic rings. The Bertz CT molecular complexity index is 7130. The third kappa shape index (κ3) is 12.7. The first-order chi connectivity index (χ1) is 61.8. The first-order valence-corrected chi connectivity index (χ1v) is 39.8. The molecule has 0 unspecified atom stereocenters. The second-order valence-electron chi connectivity index (χ2n) is 36.3. The Hall–Kier alpha value is -12.4. The summed E-state index contributed by atoms with van der Waals surface area (Å²) < 4.78 is 148. The molecular formula is C110H99BN4. The number of para-hydroxylation sites is 6. The highest BCUT2D eigenvalue weighted by Gasteiger charge is 2.46. The number of hydrogen-bond donors (Lipinski definition) is 0. The van der Waals surface area contributed by atoms with Crippen LogP contribution < -0.4 is 26.2 Å². The van der Waals surface area contributed by atoms with Gasteiger partial charge in [-0.1, -0.05) is 334 Å². The molecule has 0 bridgehead atoms. The zero-order valence-corrected chi connectivity index (χ0v) is 67.8. The molecule has 0 atom stereocenters. The van der Waals surface area contributed by atoms with Gasteiger partial charge in [0.15, 0.2) is 0 Å². The molecule has 4 heterocycles. The predicted molar refractivity (Wildman–Crippen MR) is 495 cm³/mol. The van der Waals surface area contributed by atoms with Gasteiger partial charge in [0.25, 0.3) is 6.71 Å². The molecule has 0 saturated carbocycles. The Morgan fingerprint density at radius 2 is 0.530 bits per heavy atom. The lowest BCUT2D eigenvalue weighted by Crippen LogP contribution is -2.61. The van der Waals surface area contributed by atoms with Crippen LogP contribution in [-0.2, 0) is 27.1 Å². The highest BCUT2D eigenvalue weighted by molar-refractivity contribution is 7.00. The number of aromatic nitrogens is 2. The number of fused-ring (bicyclic) bond motifs is 10. The molecule has 19 rings (SSSR count). The zero-order chi connectivity index (χ0) is 93.3. The van der Waals surface area contributed by atoms with Crippen LogP contribution in [0, 0.1) is 0 Å². The number of nitrogens with zero attached hydrogens (tertiary/aromatic N) is 4. The van der Waals surface area contributed by atoms with Crippen molar-refractivity contribution in [3.63, 3.8) is 0 Å². The van der Waals surface area contributed by atoms with Crippen LogP contribution in [0.2, 0.25) is 0 Å². The van der Waals surface area contributed by atoms with Crippen molar-refractivity contribution in [1.82, 2.24) is 9.13 Å². The summed E-state index contributed by atoms with van der Waals surface area (Å²) in [4.78, 5) is 4.99. The van der Waals surface area contributed by atoms with Gasteiger partial charge in [-0.25, -0.2) is 0 Å².